The summed E-state index contributed by atoms with van der Waals surface area (Å²) in [5.74, 6) is 0.237. The summed E-state index contributed by atoms with van der Waals surface area (Å²) in [6.45, 7) is 3.02. The largest absolute Gasteiger partial charge is 0.507 e. The lowest BCUT2D eigenvalue weighted by atomic mass is 10.0. The minimum absolute atomic E-state index is 0.0742. The number of phenolic OH excluding ortho intramolecular Hbond substituents is 1. The molecule has 2 aromatic heterocycles. The molecule has 2 N–H and O–H groups in total. The molecule has 1 fully saturated rings. The SMILES string of the molecule is CN(C)C1CCN(C/C=C/c2c(O)ccc3[nH]c(=O)c4sccc4c23)C1. The first kappa shape index (κ1) is 17.3. The minimum Gasteiger partial charge on any atom is -0.507 e. The second kappa shape index (κ2) is 6.87. The van der Waals surface area contributed by atoms with Gasteiger partial charge in [-0.05, 0) is 44.1 Å². The third-order valence-corrected chi connectivity index (χ3v) is 6.15. The van der Waals surface area contributed by atoms with Crippen molar-refractivity contribution < 1.29 is 5.11 Å². The van der Waals surface area contributed by atoms with Gasteiger partial charge in [-0.2, -0.15) is 0 Å². The van der Waals surface area contributed by atoms with Gasteiger partial charge in [0, 0.05) is 47.5 Å². The maximum absolute atomic E-state index is 12.2. The van der Waals surface area contributed by atoms with Crippen LogP contribution in [-0.2, 0) is 0 Å². The molecule has 1 atom stereocenters. The molecule has 0 spiro atoms. The molecule has 0 aliphatic carbocycles. The average Bonchev–Trinajstić information content (AvgIpc) is 3.27. The number of phenols is 1. The number of hydrogen-bond donors (Lipinski definition) is 2. The van der Waals surface area contributed by atoms with Gasteiger partial charge in [-0.15, -0.1) is 11.3 Å². The number of thiophene rings is 1. The van der Waals surface area contributed by atoms with Crippen molar-refractivity contribution in [3.63, 3.8) is 0 Å². The molecule has 0 saturated carbocycles. The molecule has 1 aliphatic heterocycles. The predicted molar refractivity (Wildman–Crippen MR) is 109 cm³/mol. The number of fused-ring (bicyclic) bond motifs is 3. The molecular formula is C20H23N3O2S. The van der Waals surface area contributed by atoms with Gasteiger partial charge < -0.3 is 15.0 Å². The van der Waals surface area contributed by atoms with Crippen LogP contribution in [0.4, 0.5) is 0 Å². The van der Waals surface area contributed by atoms with Gasteiger partial charge in [0.15, 0.2) is 0 Å². The standard InChI is InChI=1S/C20H23N3O2S/c1-22(2)13-7-10-23(12-13)9-3-4-14-17(24)6-5-16-18(14)15-8-11-26-19(15)20(25)21-16/h3-6,8,11,13,24H,7,9-10,12H2,1-2H3,(H,21,25)/b4-3+. The van der Waals surface area contributed by atoms with Crippen LogP contribution in [0.25, 0.3) is 27.1 Å². The summed E-state index contributed by atoms with van der Waals surface area (Å²) in [4.78, 5) is 19.8. The molecule has 5 nitrogen and oxygen atoms in total. The van der Waals surface area contributed by atoms with Gasteiger partial charge >= 0.3 is 0 Å². The average molecular weight is 369 g/mol. The number of hydrogen-bond acceptors (Lipinski definition) is 5. The molecule has 0 bridgehead atoms. The van der Waals surface area contributed by atoms with Gasteiger partial charge in [0.25, 0.3) is 5.56 Å². The second-order valence-electron chi connectivity index (χ2n) is 7.11. The van der Waals surface area contributed by atoms with Crippen LogP contribution in [-0.4, -0.2) is 59.7 Å². The van der Waals surface area contributed by atoms with Gasteiger partial charge in [0.05, 0.1) is 0 Å². The molecule has 0 radical (unpaired) electrons. The lowest BCUT2D eigenvalue weighted by Gasteiger charge is -2.19. The maximum atomic E-state index is 12.2. The van der Waals surface area contributed by atoms with Crippen LogP contribution in [0.15, 0.2) is 34.4 Å². The van der Waals surface area contributed by atoms with Crippen molar-refractivity contribution in [1.29, 1.82) is 0 Å². The third-order valence-electron chi connectivity index (χ3n) is 5.24. The van der Waals surface area contributed by atoms with Crippen LogP contribution < -0.4 is 5.56 Å². The molecule has 1 saturated heterocycles. The van der Waals surface area contributed by atoms with E-state index in [1.54, 1.807) is 12.1 Å². The van der Waals surface area contributed by atoms with E-state index in [9.17, 15) is 9.90 Å². The number of pyridine rings is 1. The Morgan fingerprint density at radius 2 is 2.23 bits per heavy atom. The van der Waals surface area contributed by atoms with E-state index in [0.29, 0.717) is 10.7 Å². The first-order valence-corrected chi connectivity index (χ1v) is 9.73. The Labute approximate surface area is 156 Å². The van der Waals surface area contributed by atoms with Crippen LogP contribution in [0.1, 0.15) is 12.0 Å². The Morgan fingerprint density at radius 3 is 3.00 bits per heavy atom. The second-order valence-corrected chi connectivity index (χ2v) is 8.02. The highest BCUT2D eigenvalue weighted by atomic mass is 32.1. The van der Waals surface area contributed by atoms with Crippen LogP contribution >= 0.6 is 11.3 Å². The van der Waals surface area contributed by atoms with E-state index in [2.05, 4.69) is 35.0 Å². The summed E-state index contributed by atoms with van der Waals surface area (Å²) in [6, 6.07) is 5.98. The third kappa shape index (κ3) is 3.05. The number of nitrogens with one attached hydrogen (secondary N) is 1. The Hall–Kier alpha value is -2.15. The van der Waals surface area contributed by atoms with Crippen molar-refractivity contribution in [2.24, 2.45) is 0 Å². The summed E-state index contributed by atoms with van der Waals surface area (Å²) in [7, 11) is 4.26. The first-order valence-electron chi connectivity index (χ1n) is 8.85. The highest BCUT2D eigenvalue weighted by Gasteiger charge is 2.22. The molecule has 1 unspecified atom stereocenters. The van der Waals surface area contributed by atoms with Gasteiger partial charge in [0.2, 0.25) is 0 Å². The topological polar surface area (TPSA) is 59.6 Å². The van der Waals surface area contributed by atoms with Gasteiger partial charge in [0.1, 0.15) is 10.4 Å². The minimum atomic E-state index is -0.0742. The molecule has 26 heavy (non-hydrogen) atoms. The molecule has 1 aromatic carbocycles. The van der Waals surface area contributed by atoms with Crippen molar-refractivity contribution in [2.45, 2.75) is 12.5 Å². The highest BCUT2D eigenvalue weighted by Crippen LogP contribution is 2.33. The monoisotopic (exact) mass is 369 g/mol. The molecule has 4 rings (SSSR count). The van der Waals surface area contributed by atoms with Crippen molar-refractivity contribution >= 4 is 38.4 Å². The fourth-order valence-corrected chi connectivity index (χ4v) is 4.55. The normalized spacial score (nSPS) is 18.8. The van der Waals surface area contributed by atoms with Crippen LogP contribution in [0.5, 0.6) is 5.75 Å². The van der Waals surface area contributed by atoms with Crippen molar-refractivity contribution in [2.75, 3.05) is 33.7 Å². The van der Waals surface area contributed by atoms with Gasteiger partial charge in [-0.3, -0.25) is 9.69 Å². The van der Waals surface area contributed by atoms with E-state index in [4.69, 9.17) is 0 Å². The van der Waals surface area contributed by atoms with Crippen LogP contribution in [0, 0.1) is 0 Å². The number of aromatic hydroxyl groups is 1. The maximum Gasteiger partial charge on any atom is 0.266 e. The number of aromatic amines is 1. The summed E-state index contributed by atoms with van der Waals surface area (Å²) in [5, 5.41) is 14.1. The number of likely N-dealkylation sites (N-methyl/N-ethyl adjacent to an activating group) is 1. The van der Waals surface area contributed by atoms with E-state index < -0.39 is 0 Å². The van der Waals surface area contributed by atoms with E-state index in [0.717, 1.165) is 41.5 Å². The first-order chi connectivity index (χ1) is 12.5. The number of rotatable bonds is 4. The number of H-pyrrole nitrogens is 1. The van der Waals surface area contributed by atoms with Gasteiger partial charge in [-0.1, -0.05) is 12.2 Å². The number of aromatic nitrogens is 1. The fraction of sp³-hybridized carbons (Fsp3) is 0.350. The lowest BCUT2D eigenvalue weighted by Crippen LogP contribution is -2.31. The Morgan fingerprint density at radius 1 is 1.38 bits per heavy atom. The fourth-order valence-electron chi connectivity index (χ4n) is 3.75. The quantitative estimate of drug-likeness (QED) is 0.742. The molecule has 136 valence electrons. The number of nitrogens with zero attached hydrogens (tertiary/aromatic N) is 2. The smallest absolute Gasteiger partial charge is 0.266 e. The molecule has 3 aromatic rings. The zero-order valence-corrected chi connectivity index (χ0v) is 15.8. The highest BCUT2D eigenvalue weighted by molar-refractivity contribution is 7.17. The van der Waals surface area contributed by atoms with E-state index in [1.165, 1.54) is 17.8 Å². The Kier molecular flexibility index (Phi) is 4.56. The molecule has 1 aliphatic rings. The predicted octanol–water partition coefficient (Wildman–Crippen LogP) is 3.10. The van der Waals surface area contributed by atoms with Crippen molar-refractivity contribution in [3.05, 3.63) is 45.6 Å². The number of likely N-dealkylation sites (tertiary alicyclic amines) is 1. The van der Waals surface area contributed by atoms with Crippen LogP contribution in [0.2, 0.25) is 0 Å². The Balaban J connectivity index is 1.67. The van der Waals surface area contributed by atoms with E-state index in [1.807, 2.05) is 17.5 Å². The Bertz CT molecular complexity index is 1030. The molecule has 3 heterocycles. The summed E-state index contributed by atoms with van der Waals surface area (Å²) < 4.78 is 0.700. The zero-order chi connectivity index (χ0) is 18.3. The summed E-state index contributed by atoms with van der Waals surface area (Å²) in [5.41, 5.74) is 1.45. The van der Waals surface area contributed by atoms with Crippen molar-refractivity contribution in [1.82, 2.24) is 14.8 Å². The molecule has 6 heteroatoms. The number of benzene rings is 1. The van der Waals surface area contributed by atoms with E-state index >= 15 is 0 Å². The van der Waals surface area contributed by atoms with Gasteiger partial charge in [-0.25, -0.2) is 0 Å². The summed E-state index contributed by atoms with van der Waals surface area (Å²) >= 11 is 1.43. The van der Waals surface area contributed by atoms with Crippen molar-refractivity contribution in [3.8, 4) is 5.75 Å². The van der Waals surface area contributed by atoms with E-state index in [-0.39, 0.29) is 11.3 Å². The molecular weight excluding hydrogens is 346 g/mol. The van der Waals surface area contributed by atoms with Crippen LogP contribution in [0.3, 0.4) is 0 Å². The molecule has 0 amide bonds. The lowest BCUT2D eigenvalue weighted by molar-refractivity contribution is 0.280. The zero-order valence-electron chi connectivity index (χ0n) is 15.0. The summed E-state index contributed by atoms with van der Waals surface area (Å²) in [6.07, 6.45) is 5.28.